The van der Waals surface area contributed by atoms with Crippen LogP contribution < -0.4 is 20.6 Å². The van der Waals surface area contributed by atoms with Crippen molar-refractivity contribution in [2.75, 3.05) is 13.2 Å². The molecule has 6 nitrogen and oxygen atoms in total. The van der Waals surface area contributed by atoms with Crippen LogP contribution in [-0.4, -0.2) is 25.5 Å². The molecule has 8 heteroatoms. The molecular formula is C20H23Cl2N3O3. The molecule has 0 heterocycles. The first kappa shape index (κ1) is 21.9. The molecule has 2 rings (SSSR count). The second kappa shape index (κ2) is 9.66. The summed E-state index contributed by atoms with van der Waals surface area (Å²) in [5, 5.41) is 4.30. The number of carbonyl (C=O) groups excluding carboxylic acids is 1. The Bertz CT molecular complexity index is 824. The molecule has 0 bridgehead atoms. The number of nitrogens with two attached hydrogens (primary N) is 1. The molecule has 0 fully saturated rings. The van der Waals surface area contributed by atoms with E-state index in [-0.39, 0.29) is 12.0 Å². The van der Waals surface area contributed by atoms with E-state index in [0.717, 1.165) is 5.75 Å². The molecule has 3 N–H and O–H groups in total. The van der Waals surface area contributed by atoms with E-state index in [1.165, 1.54) is 11.8 Å². The Hall–Kier alpha value is -2.44. The largest absolute Gasteiger partial charge is 0.490 e. The summed E-state index contributed by atoms with van der Waals surface area (Å²) >= 11 is 12.4. The maximum Gasteiger partial charge on any atom is 0.332 e. The lowest BCUT2D eigenvalue weighted by Crippen LogP contribution is -2.24. The molecule has 0 aromatic heterocycles. The number of hydrogen-bond acceptors (Lipinski definition) is 4. The predicted molar refractivity (Wildman–Crippen MR) is 113 cm³/mol. The van der Waals surface area contributed by atoms with Crippen molar-refractivity contribution in [1.29, 1.82) is 0 Å². The van der Waals surface area contributed by atoms with Crippen molar-refractivity contribution >= 4 is 35.4 Å². The molecule has 2 aromatic carbocycles. The van der Waals surface area contributed by atoms with Crippen molar-refractivity contribution in [3.8, 4) is 11.5 Å². The summed E-state index contributed by atoms with van der Waals surface area (Å²) in [4.78, 5) is 10.6. The molecule has 0 aliphatic heterocycles. The van der Waals surface area contributed by atoms with Crippen molar-refractivity contribution in [3.05, 3.63) is 57.6 Å². The Balaban J connectivity index is 1.89. The summed E-state index contributed by atoms with van der Waals surface area (Å²) in [6.07, 6.45) is 1.37. The van der Waals surface area contributed by atoms with E-state index < -0.39 is 6.03 Å². The summed E-state index contributed by atoms with van der Waals surface area (Å²) in [5.74, 6) is 1.12. The average Bonchev–Trinajstić information content (AvgIpc) is 2.60. The molecule has 2 aromatic rings. The predicted octanol–water partition coefficient (Wildman–Crippen LogP) is 4.75. The van der Waals surface area contributed by atoms with Crippen LogP contribution >= 0.6 is 23.2 Å². The normalized spacial score (nSPS) is 11.5. The Labute approximate surface area is 174 Å². The molecule has 0 aliphatic rings. The zero-order chi connectivity index (χ0) is 20.7. The third kappa shape index (κ3) is 6.62. The van der Waals surface area contributed by atoms with Crippen LogP contribution in [0.3, 0.4) is 0 Å². The first-order valence-corrected chi connectivity index (χ1v) is 9.36. The first-order chi connectivity index (χ1) is 13.2. The minimum absolute atomic E-state index is 0.0991. The van der Waals surface area contributed by atoms with Gasteiger partial charge in [-0.15, -0.1) is 0 Å². The molecule has 0 radical (unpaired) electrons. The van der Waals surface area contributed by atoms with E-state index in [1.807, 2.05) is 12.1 Å². The van der Waals surface area contributed by atoms with E-state index >= 15 is 0 Å². The fraction of sp³-hybridized carbons (Fsp3) is 0.300. The standard InChI is InChI=1S/C20H23Cl2N3O3/c1-20(2,3)14-4-6-15(7-5-14)27-8-9-28-18-16(21)10-13(11-17(18)22)12-24-25-19(23)26/h4-7,10-12H,8-9H2,1-3H3,(H3,23,25,26)/b24-12-. The number of hydrazone groups is 1. The lowest BCUT2D eigenvalue weighted by Gasteiger charge is -2.19. The van der Waals surface area contributed by atoms with Gasteiger partial charge >= 0.3 is 6.03 Å². The SMILES string of the molecule is CC(C)(C)c1ccc(OCCOc2c(Cl)cc(/C=N\NC(N)=O)cc2Cl)cc1. The summed E-state index contributed by atoms with van der Waals surface area (Å²) < 4.78 is 11.3. The number of carbonyl (C=O) groups is 1. The number of rotatable bonds is 7. The second-order valence-electron chi connectivity index (χ2n) is 7.02. The van der Waals surface area contributed by atoms with Crippen molar-refractivity contribution in [2.24, 2.45) is 10.8 Å². The Kier molecular flexibility index (Phi) is 7.54. The van der Waals surface area contributed by atoms with E-state index in [0.29, 0.717) is 28.0 Å². The minimum Gasteiger partial charge on any atom is -0.490 e. The third-order valence-corrected chi connectivity index (χ3v) is 4.29. The van der Waals surface area contributed by atoms with Gasteiger partial charge in [-0.05, 0) is 40.8 Å². The number of nitrogens with one attached hydrogen (secondary N) is 1. The fourth-order valence-electron chi connectivity index (χ4n) is 2.32. The highest BCUT2D eigenvalue weighted by Crippen LogP contribution is 2.33. The number of ether oxygens (including phenoxy) is 2. The van der Waals surface area contributed by atoms with Crippen LogP contribution in [0.1, 0.15) is 31.9 Å². The van der Waals surface area contributed by atoms with Crippen LogP contribution in [-0.2, 0) is 5.41 Å². The Morgan fingerprint density at radius 1 is 1.11 bits per heavy atom. The van der Waals surface area contributed by atoms with Gasteiger partial charge in [-0.2, -0.15) is 5.10 Å². The molecular weight excluding hydrogens is 401 g/mol. The van der Waals surface area contributed by atoms with Crippen LogP contribution in [0.5, 0.6) is 11.5 Å². The van der Waals surface area contributed by atoms with Crippen LogP contribution in [0.25, 0.3) is 0 Å². The molecule has 0 saturated heterocycles. The van der Waals surface area contributed by atoms with Crippen molar-refractivity contribution < 1.29 is 14.3 Å². The van der Waals surface area contributed by atoms with E-state index in [2.05, 4.69) is 43.4 Å². The lowest BCUT2D eigenvalue weighted by molar-refractivity contribution is 0.217. The van der Waals surface area contributed by atoms with Gasteiger partial charge in [0.1, 0.15) is 19.0 Å². The van der Waals surface area contributed by atoms with E-state index in [9.17, 15) is 4.79 Å². The number of amides is 2. The topological polar surface area (TPSA) is 85.9 Å². The van der Waals surface area contributed by atoms with Crippen LogP contribution in [0.4, 0.5) is 4.79 Å². The van der Waals surface area contributed by atoms with Gasteiger partial charge in [-0.25, -0.2) is 10.2 Å². The number of benzene rings is 2. The fourth-order valence-corrected chi connectivity index (χ4v) is 2.93. The van der Waals surface area contributed by atoms with Gasteiger partial charge in [0.2, 0.25) is 0 Å². The lowest BCUT2D eigenvalue weighted by atomic mass is 9.87. The molecule has 2 amide bonds. The molecule has 28 heavy (non-hydrogen) atoms. The maximum atomic E-state index is 10.6. The summed E-state index contributed by atoms with van der Waals surface area (Å²) in [5.41, 5.74) is 8.95. The van der Waals surface area contributed by atoms with Crippen molar-refractivity contribution in [3.63, 3.8) is 0 Å². The smallest absolute Gasteiger partial charge is 0.332 e. The van der Waals surface area contributed by atoms with Crippen LogP contribution in [0, 0.1) is 0 Å². The van der Waals surface area contributed by atoms with Gasteiger partial charge in [0.15, 0.2) is 5.75 Å². The minimum atomic E-state index is -0.763. The van der Waals surface area contributed by atoms with Crippen LogP contribution in [0.2, 0.25) is 10.0 Å². The second-order valence-corrected chi connectivity index (χ2v) is 7.83. The van der Waals surface area contributed by atoms with Gasteiger partial charge in [0.25, 0.3) is 0 Å². The number of primary amides is 1. The quantitative estimate of drug-likeness (QED) is 0.382. The molecule has 0 unspecified atom stereocenters. The highest BCUT2D eigenvalue weighted by molar-refractivity contribution is 6.37. The van der Waals surface area contributed by atoms with Gasteiger partial charge in [-0.1, -0.05) is 56.1 Å². The summed E-state index contributed by atoms with van der Waals surface area (Å²) in [6, 6.07) is 10.4. The highest BCUT2D eigenvalue weighted by Gasteiger charge is 2.13. The number of urea groups is 1. The third-order valence-electron chi connectivity index (χ3n) is 3.73. The van der Waals surface area contributed by atoms with Crippen molar-refractivity contribution in [2.45, 2.75) is 26.2 Å². The Morgan fingerprint density at radius 2 is 1.68 bits per heavy atom. The number of hydrogen-bond donors (Lipinski definition) is 2. The van der Waals surface area contributed by atoms with Gasteiger partial charge in [0, 0.05) is 0 Å². The molecule has 150 valence electrons. The van der Waals surface area contributed by atoms with E-state index in [4.69, 9.17) is 38.4 Å². The van der Waals surface area contributed by atoms with Crippen LogP contribution in [0.15, 0.2) is 41.5 Å². The van der Waals surface area contributed by atoms with Gasteiger partial charge in [-0.3, -0.25) is 0 Å². The maximum absolute atomic E-state index is 10.6. The molecule has 0 aliphatic carbocycles. The first-order valence-electron chi connectivity index (χ1n) is 8.60. The zero-order valence-electron chi connectivity index (χ0n) is 16.0. The van der Waals surface area contributed by atoms with E-state index in [1.54, 1.807) is 12.1 Å². The summed E-state index contributed by atoms with van der Waals surface area (Å²) in [6.45, 7) is 7.10. The molecule has 0 atom stereocenters. The van der Waals surface area contributed by atoms with Gasteiger partial charge < -0.3 is 15.2 Å². The molecule has 0 saturated carbocycles. The highest BCUT2D eigenvalue weighted by atomic mass is 35.5. The molecule has 0 spiro atoms. The summed E-state index contributed by atoms with van der Waals surface area (Å²) in [7, 11) is 0. The average molecular weight is 424 g/mol. The zero-order valence-corrected chi connectivity index (χ0v) is 17.5. The number of nitrogens with zero attached hydrogens (tertiary/aromatic N) is 1. The van der Waals surface area contributed by atoms with Gasteiger partial charge in [0.05, 0.1) is 16.3 Å². The number of halogens is 2. The Morgan fingerprint density at radius 3 is 2.21 bits per heavy atom. The monoisotopic (exact) mass is 423 g/mol. The van der Waals surface area contributed by atoms with Crippen molar-refractivity contribution in [1.82, 2.24) is 5.43 Å².